The van der Waals surface area contributed by atoms with Crippen LogP contribution >= 0.6 is 27.7 Å². The number of thioether (sulfide) groups is 1. The van der Waals surface area contributed by atoms with E-state index in [9.17, 15) is 0 Å². The lowest BCUT2D eigenvalue weighted by molar-refractivity contribution is 0.620. The molecule has 2 nitrogen and oxygen atoms in total. The Balaban J connectivity index is 2.34. The highest BCUT2D eigenvalue weighted by molar-refractivity contribution is 9.10. The average molecular weight is 275 g/mol. The van der Waals surface area contributed by atoms with Crippen LogP contribution in [0, 0.1) is 0 Å². The van der Waals surface area contributed by atoms with Crippen LogP contribution in [0.1, 0.15) is 13.8 Å². The van der Waals surface area contributed by atoms with Crippen LogP contribution in [0.3, 0.4) is 0 Å². The van der Waals surface area contributed by atoms with Crippen molar-refractivity contribution in [2.24, 2.45) is 0 Å². The molecule has 0 aliphatic heterocycles. The van der Waals surface area contributed by atoms with Crippen LogP contribution in [0.2, 0.25) is 0 Å². The molecular weight excluding hydrogens is 260 g/mol. The quantitative estimate of drug-likeness (QED) is 0.836. The Morgan fingerprint density at radius 1 is 1.57 bits per heavy atom. The van der Waals surface area contributed by atoms with Crippen molar-refractivity contribution in [1.82, 2.24) is 10.3 Å². The number of aromatic nitrogens is 1. The Morgan fingerprint density at radius 3 is 2.93 bits per heavy atom. The molecule has 0 saturated carbocycles. The molecule has 1 N–H and O–H groups in total. The molecule has 1 rings (SSSR count). The van der Waals surface area contributed by atoms with E-state index in [1.165, 1.54) is 0 Å². The van der Waals surface area contributed by atoms with E-state index in [0.717, 1.165) is 21.8 Å². The summed E-state index contributed by atoms with van der Waals surface area (Å²) < 4.78 is 1.03. The van der Waals surface area contributed by atoms with E-state index in [-0.39, 0.29) is 0 Å². The molecule has 1 unspecified atom stereocenters. The van der Waals surface area contributed by atoms with Crippen molar-refractivity contribution >= 4 is 27.7 Å². The van der Waals surface area contributed by atoms with Gasteiger partial charge in [0.05, 0.1) is 5.03 Å². The fourth-order valence-corrected chi connectivity index (χ4v) is 2.13. The molecule has 0 spiro atoms. The van der Waals surface area contributed by atoms with Gasteiger partial charge in [0, 0.05) is 22.5 Å². The Labute approximate surface area is 98.0 Å². The third-order valence-electron chi connectivity index (χ3n) is 1.73. The van der Waals surface area contributed by atoms with Gasteiger partial charge in [0.15, 0.2) is 0 Å². The summed E-state index contributed by atoms with van der Waals surface area (Å²) in [6.07, 6.45) is 1.83. The van der Waals surface area contributed by atoms with E-state index in [2.05, 4.69) is 40.1 Å². The van der Waals surface area contributed by atoms with E-state index in [1.54, 1.807) is 11.8 Å². The first-order valence-electron chi connectivity index (χ1n) is 4.70. The summed E-state index contributed by atoms with van der Waals surface area (Å²) in [5, 5.41) is 4.45. The smallest absolute Gasteiger partial charge is 0.0961 e. The van der Waals surface area contributed by atoms with Crippen molar-refractivity contribution in [3.63, 3.8) is 0 Å². The van der Waals surface area contributed by atoms with Crippen molar-refractivity contribution in [2.45, 2.75) is 24.9 Å². The fourth-order valence-electron chi connectivity index (χ4n) is 1.07. The third-order valence-corrected chi connectivity index (χ3v) is 3.41. The van der Waals surface area contributed by atoms with Crippen LogP contribution in [-0.4, -0.2) is 23.3 Å². The van der Waals surface area contributed by atoms with Crippen molar-refractivity contribution < 1.29 is 0 Å². The number of pyridine rings is 1. The zero-order valence-corrected chi connectivity index (χ0v) is 10.9. The minimum Gasteiger partial charge on any atom is -0.314 e. The van der Waals surface area contributed by atoms with Crippen molar-refractivity contribution in [1.29, 1.82) is 0 Å². The van der Waals surface area contributed by atoms with E-state index < -0.39 is 0 Å². The second-order valence-corrected chi connectivity index (χ2v) is 5.04. The van der Waals surface area contributed by atoms with E-state index in [4.69, 9.17) is 0 Å². The maximum absolute atomic E-state index is 4.30. The lowest BCUT2D eigenvalue weighted by atomic mass is 10.4. The maximum Gasteiger partial charge on any atom is 0.0961 e. The molecule has 0 fully saturated rings. The Morgan fingerprint density at radius 2 is 2.36 bits per heavy atom. The lowest BCUT2D eigenvalue weighted by Gasteiger charge is -2.10. The SMILES string of the molecule is CCNC(C)CSc1ccc(Br)cn1. The highest BCUT2D eigenvalue weighted by Crippen LogP contribution is 2.17. The number of hydrogen-bond acceptors (Lipinski definition) is 3. The molecule has 1 aromatic rings. The van der Waals surface area contributed by atoms with Crippen molar-refractivity contribution in [3.05, 3.63) is 22.8 Å². The molecule has 0 amide bonds. The molecule has 1 heterocycles. The van der Waals surface area contributed by atoms with Gasteiger partial charge in [0.2, 0.25) is 0 Å². The predicted molar refractivity (Wildman–Crippen MR) is 65.8 cm³/mol. The van der Waals surface area contributed by atoms with Gasteiger partial charge in [-0.15, -0.1) is 11.8 Å². The van der Waals surface area contributed by atoms with Gasteiger partial charge in [-0.1, -0.05) is 6.92 Å². The first-order chi connectivity index (χ1) is 6.72. The van der Waals surface area contributed by atoms with Crippen molar-refractivity contribution in [3.8, 4) is 0 Å². The van der Waals surface area contributed by atoms with Crippen LogP contribution in [0.4, 0.5) is 0 Å². The predicted octanol–water partition coefficient (Wildman–Crippen LogP) is 2.93. The van der Waals surface area contributed by atoms with E-state index >= 15 is 0 Å². The Kier molecular flexibility index (Phi) is 5.52. The molecule has 0 bridgehead atoms. The maximum atomic E-state index is 4.30. The third kappa shape index (κ3) is 4.44. The molecule has 0 aliphatic rings. The molecule has 14 heavy (non-hydrogen) atoms. The molecule has 0 saturated heterocycles. The average Bonchev–Trinajstić information content (AvgIpc) is 2.17. The molecular formula is C10H15BrN2S. The number of nitrogens with zero attached hydrogens (tertiary/aromatic N) is 1. The summed E-state index contributed by atoms with van der Waals surface area (Å²) in [7, 11) is 0. The van der Waals surface area contributed by atoms with Gasteiger partial charge in [-0.2, -0.15) is 0 Å². The fraction of sp³-hybridized carbons (Fsp3) is 0.500. The normalized spacial score (nSPS) is 12.8. The van der Waals surface area contributed by atoms with Crippen LogP contribution in [0.25, 0.3) is 0 Å². The van der Waals surface area contributed by atoms with Gasteiger partial charge >= 0.3 is 0 Å². The monoisotopic (exact) mass is 274 g/mol. The van der Waals surface area contributed by atoms with Crippen LogP contribution in [-0.2, 0) is 0 Å². The molecule has 1 atom stereocenters. The number of rotatable bonds is 5. The summed E-state index contributed by atoms with van der Waals surface area (Å²) in [5.41, 5.74) is 0. The van der Waals surface area contributed by atoms with E-state index in [1.807, 2.05) is 18.3 Å². The summed E-state index contributed by atoms with van der Waals surface area (Å²) in [6, 6.07) is 4.59. The van der Waals surface area contributed by atoms with Crippen LogP contribution < -0.4 is 5.32 Å². The van der Waals surface area contributed by atoms with Crippen LogP contribution in [0.5, 0.6) is 0 Å². The summed E-state index contributed by atoms with van der Waals surface area (Å²) in [5.74, 6) is 1.06. The standard InChI is InChI=1S/C10H15BrN2S/c1-3-12-8(2)7-14-10-5-4-9(11)6-13-10/h4-6,8,12H,3,7H2,1-2H3. The molecule has 0 aromatic carbocycles. The largest absolute Gasteiger partial charge is 0.314 e. The minimum absolute atomic E-state index is 0.537. The first-order valence-corrected chi connectivity index (χ1v) is 6.48. The highest BCUT2D eigenvalue weighted by Gasteiger charge is 2.01. The second kappa shape index (κ2) is 6.43. The molecule has 0 aliphatic carbocycles. The summed E-state index contributed by atoms with van der Waals surface area (Å²) >= 11 is 5.15. The van der Waals surface area contributed by atoms with Gasteiger partial charge in [0.1, 0.15) is 0 Å². The van der Waals surface area contributed by atoms with Crippen LogP contribution in [0.15, 0.2) is 27.8 Å². The Bertz CT molecular complexity index is 263. The lowest BCUT2D eigenvalue weighted by Crippen LogP contribution is -2.27. The van der Waals surface area contributed by atoms with E-state index in [0.29, 0.717) is 6.04 Å². The van der Waals surface area contributed by atoms with Gasteiger partial charge < -0.3 is 5.32 Å². The summed E-state index contributed by atoms with van der Waals surface area (Å²) in [6.45, 7) is 5.34. The van der Waals surface area contributed by atoms with Gasteiger partial charge in [-0.25, -0.2) is 4.98 Å². The highest BCUT2D eigenvalue weighted by atomic mass is 79.9. The second-order valence-electron chi connectivity index (χ2n) is 3.08. The minimum atomic E-state index is 0.537. The first kappa shape index (κ1) is 12.0. The molecule has 1 aromatic heterocycles. The number of hydrogen-bond donors (Lipinski definition) is 1. The molecule has 0 radical (unpaired) electrons. The van der Waals surface area contributed by atoms with Gasteiger partial charge in [-0.3, -0.25) is 0 Å². The van der Waals surface area contributed by atoms with Gasteiger partial charge in [0.25, 0.3) is 0 Å². The zero-order chi connectivity index (χ0) is 10.4. The molecule has 78 valence electrons. The zero-order valence-electron chi connectivity index (χ0n) is 8.46. The molecule has 4 heteroatoms. The Hall–Kier alpha value is -0.0600. The number of halogens is 1. The summed E-state index contributed by atoms with van der Waals surface area (Å²) in [4.78, 5) is 4.30. The number of nitrogens with one attached hydrogen (secondary N) is 1. The van der Waals surface area contributed by atoms with Crippen molar-refractivity contribution in [2.75, 3.05) is 12.3 Å². The van der Waals surface area contributed by atoms with Gasteiger partial charge in [-0.05, 0) is 41.5 Å². The topological polar surface area (TPSA) is 24.9 Å².